The Hall–Kier alpha value is -6.34. The summed E-state index contributed by atoms with van der Waals surface area (Å²) in [6, 6.07) is 10.9. The first-order valence-corrected chi connectivity index (χ1v) is 21.7. The number of carbonyl (C=O) groups is 7. The maximum absolute atomic E-state index is 14.7. The molecule has 1 aliphatic carbocycles. The largest absolute Gasteiger partial charge is 0.370 e. The summed E-state index contributed by atoms with van der Waals surface area (Å²) in [7, 11) is 1.60. The molecule has 1 unspecified atom stereocenters. The number of guanidine groups is 1. The minimum Gasteiger partial charge on any atom is -0.370 e. The monoisotopic (exact) mass is 868 g/mol. The van der Waals surface area contributed by atoms with Gasteiger partial charge in [-0.05, 0) is 88.6 Å². The summed E-state index contributed by atoms with van der Waals surface area (Å²) in [5, 5.41) is 29.6. The van der Waals surface area contributed by atoms with Crippen LogP contribution in [0.25, 0.3) is 10.9 Å². The third-order valence-electron chi connectivity index (χ3n) is 12.7. The van der Waals surface area contributed by atoms with Crippen LogP contribution in [0.2, 0.25) is 0 Å². The number of hydrogen-bond donors (Lipinski definition) is 11. The van der Waals surface area contributed by atoms with Gasteiger partial charge in [0.25, 0.3) is 5.91 Å². The smallest absolute Gasteiger partial charge is 0.325 e. The molecule has 3 heterocycles. The zero-order valence-corrected chi connectivity index (χ0v) is 35.6. The number of rotatable bonds is 16. The lowest BCUT2D eigenvalue weighted by Gasteiger charge is -2.42. The van der Waals surface area contributed by atoms with Crippen LogP contribution in [0.4, 0.5) is 4.79 Å². The van der Waals surface area contributed by atoms with E-state index < -0.39 is 76.9 Å². The van der Waals surface area contributed by atoms with Crippen LogP contribution in [0.15, 0.2) is 60.8 Å². The van der Waals surface area contributed by atoms with E-state index in [0.717, 1.165) is 26.9 Å². The van der Waals surface area contributed by atoms with Crippen molar-refractivity contribution in [2.75, 3.05) is 20.1 Å². The van der Waals surface area contributed by atoms with Crippen molar-refractivity contribution in [3.8, 4) is 0 Å². The van der Waals surface area contributed by atoms with Gasteiger partial charge in [-0.1, -0.05) is 61.4 Å². The number of hydrogen-bond acceptors (Lipinski definition) is 10. The minimum absolute atomic E-state index is 0.0330. The lowest BCUT2D eigenvalue weighted by atomic mass is 9.79. The Labute approximate surface area is 365 Å². The van der Waals surface area contributed by atoms with Crippen LogP contribution in [0.3, 0.4) is 0 Å². The van der Waals surface area contributed by atoms with Crippen molar-refractivity contribution < 1.29 is 33.6 Å². The van der Waals surface area contributed by atoms with Crippen molar-refractivity contribution >= 4 is 58.7 Å². The van der Waals surface area contributed by atoms with Gasteiger partial charge in [-0.3, -0.25) is 29.4 Å². The molecule has 6 atom stereocenters. The molecule has 1 aromatic heterocycles. The molecule has 19 nitrogen and oxygen atoms in total. The molecule has 3 aromatic rings. The van der Waals surface area contributed by atoms with E-state index in [0.29, 0.717) is 38.5 Å². The zero-order chi connectivity index (χ0) is 45.1. The molecule has 2 saturated heterocycles. The molecular formula is C44H60N12O7. The number of fused-ring (bicyclic) bond motifs is 1. The third kappa shape index (κ3) is 10.7. The number of amides is 7. The molecule has 19 heteroatoms. The second kappa shape index (κ2) is 20.7. The number of primary amides is 1. The molecule has 2 aromatic carbocycles. The van der Waals surface area contributed by atoms with E-state index in [-0.39, 0.29) is 63.9 Å². The summed E-state index contributed by atoms with van der Waals surface area (Å²) in [4.78, 5) is 100. The van der Waals surface area contributed by atoms with E-state index >= 15 is 0 Å². The fourth-order valence-electron chi connectivity index (χ4n) is 9.47. The van der Waals surface area contributed by atoms with Crippen molar-refractivity contribution in [3.63, 3.8) is 0 Å². The number of H-pyrrole nitrogens is 1. The zero-order valence-electron chi connectivity index (χ0n) is 35.6. The van der Waals surface area contributed by atoms with E-state index in [1.807, 2.05) is 54.6 Å². The normalized spacial score (nSPS) is 24.8. The highest BCUT2D eigenvalue weighted by Gasteiger charge is 2.56. The predicted octanol–water partition coefficient (Wildman–Crippen LogP) is 0.0786. The average Bonchev–Trinajstić information content (AvgIpc) is 3.99. The average molecular weight is 869 g/mol. The summed E-state index contributed by atoms with van der Waals surface area (Å²) in [5.74, 6) is -3.31. The number of likely N-dealkylation sites (N-methyl/N-ethyl adjacent to an activating group) is 1. The summed E-state index contributed by atoms with van der Waals surface area (Å²) >= 11 is 0. The van der Waals surface area contributed by atoms with Gasteiger partial charge in [-0.2, -0.15) is 0 Å². The summed E-state index contributed by atoms with van der Waals surface area (Å²) in [6.45, 7) is 0.475. The lowest BCUT2D eigenvalue weighted by molar-refractivity contribution is -0.143. The van der Waals surface area contributed by atoms with E-state index in [1.165, 1.54) is 0 Å². The molecule has 2 aliphatic heterocycles. The Morgan fingerprint density at radius 1 is 0.921 bits per heavy atom. The van der Waals surface area contributed by atoms with Crippen LogP contribution >= 0.6 is 0 Å². The molecule has 338 valence electrons. The van der Waals surface area contributed by atoms with Gasteiger partial charge in [0.2, 0.25) is 23.6 Å². The highest BCUT2D eigenvalue weighted by molar-refractivity contribution is 6.09. The minimum atomic E-state index is -1.50. The van der Waals surface area contributed by atoms with E-state index in [1.54, 1.807) is 13.2 Å². The van der Waals surface area contributed by atoms with Crippen LogP contribution in [0, 0.1) is 5.41 Å². The van der Waals surface area contributed by atoms with Crippen LogP contribution in [0.5, 0.6) is 0 Å². The molecular weight excluding hydrogens is 809 g/mol. The molecule has 0 radical (unpaired) electrons. The van der Waals surface area contributed by atoms with Gasteiger partial charge in [-0.15, -0.1) is 0 Å². The molecule has 13 N–H and O–H groups in total. The van der Waals surface area contributed by atoms with Crippen molar-refractivity contribution in [3.05, 3.63) is 71.9 Å². The van der Waals surface area contributed by atoms with Crippen LogP contribution in [-0.4, -0.2) is 119 Å². The second-order valence-corrected chi connectivity index (χ2v) is 16.8. The number of aromatic nitrogens is 1. The number of aldehydes is 1. The van der Waals surface area contributed by atoms with Gasteiger partial charge < -0.3 is 58.5 Å². The van der Waals surface area contributed by atoms with E-state index in [2.05, 4.69) is 42.2 Å². The maximum Gasteiger partial charge on any atom is 0.325 e. The molecule has 3 aliphatic rings. The van der Waals surface area contributed by atoms with Crippen LogP contribution in [-0.2, 0) is 41.6 Å². The predicted molar refractivity (Wildman–Crippen MR) is 235 cm³/mol. The Kier molecular flexibility index (Phi) is 15.2. The van der Waals surface area contributed by atoms with Gasteiger partial charge in [0.05, 0.1) is 6.04 Å². The first-order valence-electron chi connectivity index (χ1n) is 21.7. The SMILES string of the molecule is CN[C@@H]1C(=O)N[C@@H](Cc2c[nH]c3ccccc23)C(=O)N[C@H](C(N)=O)CCCCNC1(CCNC(=N)N)CC[C@@H]1NC(=O)N(C2(C(=O)N[C@@H](C=O)Cc3ccccc3)CCCC2)C1=O. The number of aromatic amines is 1. The molecule has 1 saturated carbocycles. The third-order valence-corrected chi connectivity index (χ3v) is 12.7. The number of para-hydroxylation sites is 1. The van der Waals surface area contributed by atoms with E-state index in [4.69, 9.17) is 16.9 Å². The molecule has 7 amide bonds. The number of urea groups is 1. The summed E-state index contributed by atoms with van der Waals surface area (Å²) in [5.41, 5.74) is 11.2. The Balaban J connectivity index is 1.27. The van der Waals surface area contributed by atoms with Crippen molar-refractivity contribution in [2.45, 2.75) is 118 Å². The summed E-state index contributed by atoms with van der Waals surface area (Å²) in [6.07, 6.45) is 5.96. The van der Waals surface area contributed by atoms with Crippen LogP contribution < -0.4 is 48.7 Å². The Bertz CT molecular complexity index is 2160. The number of nitrogens with zero attached hydrogens (tertiary/aromatic N) is 1. The standard InChI is InChI=1S/C44H60N12O7/c1-48-35-38(60)54-34(24-28-25-50-31-14-6-5-13-30(28)31)37(59)53-32(36(45)58)15-7-10-21-51-43(35,20-22-49-41(46)47)19-16-33-39(61)56(42(63)55-33)44(17-8-9-18-44)40(62)52-29(26-57)23-27-11-3-2-4-12-27/h2-6,11-14,25-26,29,32-35,48,50-51H,7-10,15-24H2,1H3,(H2,45,58)(H,52,62)(H,53,59)(H,54,60)(H,55,63)(H4,46,47,49)/t29-,32+,33+,34+,35-,43?/m1/s1. The number of imide groups is 1. The van der Waals surface area contributed by atoms with Gasteiger partial charge in [-0.25, -0.2) is 9.69 Å². The number of nitrogens with one attached hydrogen (secondary N) is 9. The number of benzene rings is 2. The molecule has 3 fully saturated rings. The highest BCUT2D eigenvalue weighted by atomic mass is 16.2. The number of nitrogens with two attached hydrogens (primary N) is 2. The first kappa shape index (κ1) is 46.2. The van der Waals surface area contributed by atoms with Gasteiger partial charge >= 0.3 is 6.03 Å². The summed E-state index contributed by atoms with van der Waals surface area (Å²) < 4.78 is 0. The fraction of sp³-hybridized carbons (Fsp3) is 0.500. The maximum atomic E-state index is 14.7. The van der Waals surface area contributed by atoms with Crippen molar-refractivity contribution in [1.29, 1.82) is 5.41 Å². The molecule has 0 spiro atoms. The van der Waals surface area contributed by atoms with Crippen molar-refractivity contribution in [1.82, 2.24) is 47.1 Å². The van der Waals surface area contributed by atoms with Gasteiger partial charge in [0, 0.05) is 35.6 Å². The highest BCUT2D eigenvalue weighted by Crippen LogP contribution is 2.39. The van der Waals surface area contributed by atoms with Crippen LogP contribution in [0.1, 0.15) is 75.3 Å². The lowest BCUT2D eigenvalue weighted by Crippen LogP contribution is -2.67. The van der Waals surface area contributed by atoms with Crippen molar-refractivity contribution in [2.24, 2.45) is 11.5 Å². The molecule has 63 heavy (non-hydrogen) atoms. The van der Waals surface area contributed by atoms with E-state index in [9.17, 15) is 33.6 Å². The first-order chi connectivity index (χ1) is 30.3. The topological polar surface area (TPSA) is 299 Å². The Morgan fingerprint density at radius 2 is 1.65 bits per heavy atom. The van der Waals surface area contributed by atoms with Gasteiger partial charge in [0.1, 0.15) is 36.0 Å². The second-order valence-electron chi connectivity index (χ2n) is 16.8. The number of carbonyl (C=O) groups excluding carboxylic acids is 7. The van der Waals surface area contributed by atoms with Gasteiger partial charge in [0.15, 0.2) is 5.96 Å². The Morgan fingerprint density at radius 3 is 2.35 bits per heavy atom. The molecule has 6 rings (SSSR count). The fourth-order valence-corrected chi connectivity index (χ4v) is 9.47. The molecule has 0 bridgehead atoms. The quantitative estimate of drug-likeness (QED) is 0.0397.